The zero-order valence-electron chi connectivity index (χ0n) is 12.1. The van der Waals surface area contributed by atoms with Crippen LogP contribution in [-0.4, -0.2) is 28.6 Å². The summed E-state index contributed by atoms with van der Waals surface area (Å²) < 4.78 is 0. The number of aryl methyl sites for hydroxylation is 1. The van der Waals surface area contributed by atoms with Crippen molar-refractivity contribution in [3.05, 3.63) is 52.0 Å². The highest BCUT2D eigenvalue weighted by Gasteiger charge is 2.10. The first kappa shape index (κ1) is 15.7. The van der Waals surface area contributed by atoms with Crippen molar-refractivity contribution >= 4 is 17.2 Å². The minimum Gasteiger partial charge on any atom is -0.391 e. The van der Waals surface area contributed by atoms with E-state index in [2.05, 4.69) is 10.3 Å². The van der Waals surface area contributed by atoms with Crippen molar-refractivity contribution in [3.8, 4) is 0 Å². The fourth-order valence-electron chi connectivity index (χ4n) is 2.01. The monoisotopic (exact) mass is 304 g/mol. The van der Waals surface area contributed by atoms with Crippen LogP contribution in [0.5, 0.6) is 0 Å². The SMILES string of the molecule is CCc1nc(CC(=O)NCC(O)Cc2ccccc2)cs1. The summed E-state index contributed by atoms with van der Waals surface area (Å²) in [4.78, 5) is 16.2. The van der Waals surface area contributed by atoms with E-state index in [1.165, 1.54) is 0 Å². The highest BCUT2D eigenvalue weighted by atomic mass is 32.1. The lowest BCUT2D eigenvalue weighted by molar-refractivity contribution is -0.120. The predicted octanol–water partition coefficient (Wildman–Crippen LogP) is 1.97. The lowest BCUT2D eigenvalue weighted by Crippen LogP contribution is -2.34. The summed E-state index contributed by atoms with van der Waals surface area (Å²) in [5.41, 5.74) is 1.86. The Balaban J connectivity index is 1.73. The van der Waals surface area contributed by atoms with Crippen molar-refractivity contribution in [2.24, 2.45) is 0 Å². The molecule has 112 valence electrons. The normalized spacial score (nSPS) is 12.1. The van der Waals surface area contributed by atoms with Crippen molar-refractivity contribution < 1.29 is 9.90 Å². The van der Waals surface area contributed by atoms with Crippen LogP contribution in [0.1, 0.15) is 23.2 Å². The number of carbonyl (C=O) groups excluding carboxylic acids is 1. The Morgan fingerprint density at radius 1 is 1.38 bits per heavy atom. The highest BCUT2D eigenvalue weighted by molar-refractivity contribution is 7.09. The maximum atomic E-state index is 11.8. The molecule has 0 fully saturated rings. The number of benzene rings is 1. The predicted molar refractivity (Wildman–Crippen MR) is 84.4 cm³/mol. The van der Waals surface area contributed by atoms with Crippen LogP contribution in [0.15, 0.2) is 35.7 Å². The number of aromatic nitrogens is 1. The van der Waals surface area contributed by atoms with E-state index in [0.717, 1.165) is 22.7 Å². The smallest absolute Gasteiger partial charge is 0.226 e. The van der Waals surface area contributed by atoms with Gasteiger partial charge in [0.15, 0.2) is 0 Å². The number of thiazole rings is 1. The van der Waals surface area contributed by atoms with Gasteiger partial charge in [-0.3, -0.25) is 4.79 Å². The fourth-order valence-corrected chi connectivity index (χ4v) is 2.75. The van der Waals surface area contributed by atoms with Crippen LogP contribution in [0, 0.1) is 0 Å². The van der Waals surface area contributed by atoms with Gasteiger partial charge in [0.1, 0.15) is 0 Å². The van der Waals surface area contributed by atoms with Crippen LogP contribution in [-0.2, 0) is 24.1 Å². The third-order valence-corrected chi connectivity index (χ3v) is 4.13. The molecule has 5 heteroatoms. The molecule has 0 aliphatic carbocycles. The van der Waals surface area contributed by atoms with Gasteiger partial charge in [-0.25, -0.2) is 4.98 Å². The van der Waals surface area contributed by atoms with E-state index >= 15 is 0 Å². The Morgan fingerprint density at radius 3 is 2.81 bits per heavy atom. The van der Waals surface area contributed by atoms with Gasteiger partial charge in [-0.15, -0.1) is 11.3 Å². The second kappa shape index (κ2) is 7.90. The van der Waals surface area contributed by atoms with E-state index in [1.807, 2.05) is 42.6 Å². The molecule has 0 saturated heterocycles. The molecule has 1 heterocycles. The second-order valence-electron chi connectivity index (χ2n) is 4.91. The summed E-state index contributed by atoms with van der Waals surface area (Å²) >= 11 is 1.58. The first-order chi connectivity index (χ1) is 10.2. The molecule has 0 spiro atoms. The number of rotatable bonds is 7. The van der Waals surface area contributed by atoms with Gasteiger partial charge in [0, 0.05) is 18.3 Å². The van der Waals surface area contributed by atoms with Crippen molar-refractivity contribution in [2.45, 2.75) is 32.3 Å². The fraction of sp³-hybridized carbons (Fsp3) is 0.375. The summed E-state index contributed by atoms with van der Waals surface area (Å²) in [6, 6.07) is 9.75. The van der Waals surface area contributed by atoms with E-state index in [9.17, 15) is 9.90 Å². The molecule has 1 aromatic carbocycles. The summed E-state index contributed by atoms with van der Waals surface area (Å²) in [6.07, 6.45) is 1.13. The summed E-state index contributed by atoms with van der Waals surface area (Å²) in [5.74, 6) is -0.102. The van der Waals surface area contributed by atoms with E-state index < -0.39 is 6.10 Å². The maximum Gasteiger partial charge on any atom is 0.226 e. The second-order valence-corrected chi connectivity index (χ2v) is 5.85. The first-order valence-corrected chi connectivity index (χ1v) is 7.97. The zero-order valence-corrected chi connectivity index (χ0v) is 12.9. The van der Waals surface area contributed by atoms with Crippen LogP contribution in [0.4, 0.5) is 0 Å². The van der Waals surface area contributed by atoms with Crippen molar-refractivity contribution in [1.29, 1.82) is 0 Å². The van der Waals surface area contributed by atoms with Gasteiger partial charge in [0.05, 0.1) is 23.2 Å². The standard InChI is InChI=1S/C16H20N2O2S/c1-2-16-18-13(11-21-16)9-15(20)17-10-14(19)8-12-6-4-3-5-7-12/h3-7,11,14,19H,2,8-10H2,1H3,(H,17,20). The molecule has 0 aliphatic rings. The number of amides is 1. The Bertz CT molecular complexity index is 569. The Morgan fingerprint density at radius 2 is 2.14 bits per heavy atom. The molecule has 1 atom stereocenters. The third kappa shape index (κ3) is 5.28. The number of carbonyl (C=O) groups is 1. The van der Waals surface area contributed by atoms with Crippen LogP contribution in [0.25, 0.3) is 0 Å². The van der Waals surface area contributed by atoms with Gasteiger partial charge in [0.25, 0.3) is 0 Å². The maximum absolute atomic E-state index is 11.8. The average molecular weight is 304 g/mol. The zero-order chi connectivity index (χ0) is 15.1. The minimum absolute atomic E-state index is 0.102. The third-order valence-electron chi connectivity index (χ3n) is 3.09. The number of aliphatic hydroxyl groups is 1. The van der Waals surface area contributed by atoms with Gasteiger partial charge in [-0.05, 0) is 12.0 Å². The van der Waals surface area contributed by atoms with E-state index in [-0.39, 0.29) is 18.9 Å². The van der Waals surface area contributed by atoms with E-state index in [1.54, 1.807) is 11.3 Å². The van der Waals surface area contributed by atoms with Crippen LogP contribution < -0.4 is 5.32 Å². The van der Waals surface area contributed by atoms with Crippen LogP contribution in [0.2, 0.25) is 0 Å². The average Bonchev–Trinajstić information content (AvgIpc) is 2.94. The molecule has 0 saturated carbocycles. The molecular formula is C16H20N2O2S. The number of nitrogens with zero attached hydrogens (tertiary/aromatic N) is 1. The van der Waals surface area contributed by atoms with Crippen molar-refractivity contribution in [2.75, 3.05) is 6.54 Å². The van der Waals surface area contributed by atoms with E-state index in [4.69, 9.17) is 0 Å². The minimum atomic E-state index is -0.571. The molecule has 21 heavy (non-hydrogen) atoms. The van der Waals surface area contributed by atoms with Crippen LogP contribution >= 0.6 is 11.3 Å². The Kier molecular flexibility index (Phi) is 5.90. The summed E-state index contributed by atoms with van der Waals surface area (Å²) in [7, 11) is 0. The van der Waals surface area contributed by atoms with Crippen LogP contribution in [0.3, 0.4) is 0 Å². The summed E-state index contributed by atoms with van der Waals surface area (Å²) in [6.45, 7) is 2.31. The molecule has 0 radical (unpaired) electrons. The molecule has 1 unspecified atom stereocenters. The van der Waals surface area contributed by atoms with E-state index in [0.29, 0.717) is 6.42 Å². The lowest BCUT2D eigenvalue weighted by Gasteiger charge is -2.11. The molecule has 4 nitrogen and oxygen atoms in total. The molecule has 1 aromatic heterocycles. The van der Waals surface area contributed by atoms with Gasteiger partial charge in [-0.1, -0.05) is 37.3 Å². The number of hydrogen-bond acceptors (Lipinski definition) is 4. The Hall–Kier alpha value is -1.72. The van der Waals surface area contributed by atoms with Crippen molar-refractivity contribution in [3.63, 3.8) is 0 Å². The molecule has 2 aromatic rings. The number of aliphatic hydroxyl groups excluding tert-OH is 1. The molecule has 1 amide bonds. The largest absolute Gasteiger partial charge is 0.391 e. The topological polar surface area (TPSA) is 62.2 Å². The number of nitrogens with one attached hydrogen (secondary N) is 1. The van der Waals surface area contributed by atoms with Gasteiger partial charge in [-0.2, -0.15) is 0 Å². The highest BCUT2D eigenvalue weighted by Crippen LogP contribution is 2.10. The molecule has 0 aliphatic heterocycles. The van der Waals surface area contributed by atoms with Gasteiger partial charge < -0.3 is 10.4 Å². The molecule has 2 N–H and O–H groups in total. The van der Waals surface area contributed by atoms with Gasteiger partial charge in [0.2, 0.25) is 5.91 Å². The van der Waals surface area contributed by atoms with Gasteiger partial charge >= 0.3 is 0 Å². The van der Waals surface area contributed by atoms with Crippen molar-refractivity contribution in [1.82, 2.24) is 10.3 Å². The molecule has 0 bridgehead atoms. The quantitative estimate of drug-likeness (QED) is 0.822. The Labute approximate surface area is 128 Å². The molecular weight excluding hydrogens is 284 g/mol. The lowest BCUT2D eigenvalue weighted by atomic mass is 10.1. The number of hydrogen-bond donors (Lipinski definition) is 2. The summed E-state index contributed by atoms with van der Waals surface area (Å²) in [5, 5.41) is 15.6. The molecule has 2 rings (SSSR count). The first-order valence-electron chi connectivity index (χ1n) is 7.09.